The van der Waals surface area contributed by atoms with Crippen LogP contribution in [-0.4, -0.2) is 47.3 Å². The van der Waals surface area contributed by atoms with E-state index in [0.29, 0.717) is 0 Å². The van der Waals surface area contributed by atoms with Gasteiger partial charge in [-0.15, -0.1) is 0 Å². The molecular weight excluding hydrogens is 194 g/mol. The molecule has 1 rings (SSSR count). The number of hydrogen-bond donors (Lipinski definition) is 1. The van der Waals surface area contributed by atoms with Gasteiger partial charge in [0.05, 0.1) is 5.60 Å². The number of hydrogen-bond acceptors (Lipinski definition) is 3. The lowest BCUT2D eigenvalue weighted by Gasteiger charge is -2.35. The summed E-state index contributed by atoms with van der Waals surface area (Å²) < 4.78 is 0. The van der Waals surface area contributed by atoms with Crippen molar-refractivity contribution in [1.82, 2.24) is 4.90 Å². The molecule has 0 bridgehead atoms. The molecule has 1 unspecified atom stereocenters. The van der Waals surface area contributed by atoms with Gasteiger partial charge in [0.1, 0.15) is 0 Å². The van der Waals surface area contributed by atoms with E-state index in [1.54, 1.807) is 11.8 Å². The Balaban J connectivity index is 2.29. The Morgan fingerprint density at radius 1 is 1.43 bits per heavy atom. The topological polar surface area (TPSA) is 23.5 Å². The number of aliphatic hydroxyl groups is 1. The second-order valence-electron chi connectivity index (χ2n) is 4.89. The van der Waals surface area contributed by atoms with Gasteiger partial charge < -0.3 is 10.0 Å². The normalized spacial score (nSPS) is 24.9. The Morgan fingerprint density at radius 2 is 2.00 bits per heavy atom. The van der Waals surface area contributed by atoms with Crippen molar-refractivity contribution in [1.29, 1.82) is 0 Å². The highest BCUT2D eigenvalue weighted by Crippen LogP contribution is 2.19. The Bertz CT molecular complexity index is 165. The van der Waals surface area contributed by atoms with Crippen LogP contribution >= 0.6 is 11.8 Å². The molecule has 0 saturated carbocycles. The summed E-state index contributed by atoms with van der Waals surface area (Å²) in [7, 11) is 0. The molecular formula is C11H23NOS. The van der Waals surface area contributed by atoms with Crippen LogP contribution in [0.1, 0.15) is 26.7 Å². The third-order valence-electron chi connectivity index (χ3n) is 2.90. The minimum atomic E-state index is -0.514. The first kappa shape index (κ1) is 12.3. The first-order valence-corrected chi connectivity index (χ1v) is 6.86. The predicted octanol–water partition coefficient (Wildman–Crippen LogP) is 1.83. The van der Waals surface area contributed by atoms with Crippen LogP contribution in [0, 0.1) is 5.92 Å². The molecule has 0 spiro atoms. The fourth-order valence-electron chi connectivity index (χ4n) is 2.06. The summed E-state index contributed by atoms with van der Waals surface area (Å²) in [5.41, 5.74) is -0.514. The van der Waals surface area contributed by atoms with Gasteiger partial charge in [-0.05, 0) is 45.0 Å². The molecule has 1 aliphatic rings. The largest absolute Gasteiger partial charge is 0.388 e. The van der Waals surface area contributed by atoms with E-state index in [2.05, 4.69) is 11.8 Å². The van der Waals surface area contributed by atoms with Gasteiger partial charge in [-0.2, -0.15) is 11.8 Å². The van der Waals surface area contributed by atoms with Crippen LogP contribution in [0.3, 0.4) is 0 Å². The summed E-state index contributed by atoms with van der Waals surface area (Å²) >= 11 is 1.72. The van der Waals surface area contributed by atoms with Gasteiger partial charge >= 0.3 is 0 Å². The molecule has 2 nitrogen and oxygen atoms in total. The van der Waals surface area contributed by atoms with E-state index in [-0.39, 0.29) is 0 Å². The molecule has 84 valence electrons. The lowest BCUT2D eigenvalue weighted by molar-refractivity contribution is 0.0293. The van der Waals surface area contributed by atoms with Gasteiger partial charge in [0.15, 0.2) is 0 Å². The van der Waals surface area contributed by atoms with E-state index in [1.165, 1.54) is 12.8 Å². The van der Waals surface area contributed by atoms with E-state index in [1.807, 2.05) is 13.2 Å². The molecule has 0 aliphatic carbocycles. The average Bonchev–Trinajstić information content (AvgIpc) is 2.08. The Labute approximate surface area is 92.1 Å². The van der Waals surface area contributed by atoms with Crippen LogP contribution in [-0.2, 0) is 0 Å². The number of thioether (sulfide) groups is 1. The van der Waals surface area contributed by atoms with E-state index >= 15 is 0 Å². The molecule has 0 aromatic carbocycles. The minimum absolute atomic E-state index is 0.514. The van der Waals surface area contributed by atoms with Crippen LogP contribution in [0.2, 0.25) is 0 Å². The Kier molecular flexibility index (Phi) is 4.74. The third kappa shape index (κ3) is 4.20. The monoisotopic (exact) mass is 217 g/mol. The highest BCUT2D eigenvalue weighted by molar-refractivity contribution is 7.98. The van der Waals surface area contributed by atoms with Gasteiger partial charge in [-0.3, -0.25) is 0 Å². The van der Waals surface area contributed by atoms with Crippen LogP contribution < -0.4 is 0 Å². The molecule has 1 heterocycles. The summed E-state index contributed by atoms with van der Waals surface area (Å²) in [5.74, 6) is 1.70. The van der Waals surface area contributed by atoms with E-state index in [0.717, 1.165) is 31.3 Å². The number of nitrogens with zero attached hydrogens (tertiary/aromatic N) is 1. The number of piperidine rings is 1. The molecule has 1 atom stereocenters. The number of likely N-dealkylation sites (tertiary alicyclic amines) is 1. The Hall–Kier alpha value is 0.270. The van der Waals surface area contributed by atoms with Gasteiger partial charge in [0.2, 0.25) is 0 Å². The summed E-state index contributed by atoms with van der Waals surface area (Å²) in [5, 5.41) is 10.1. The predicted molar refractivity (Wildman–Crippen MR) is 63.8 cm³/mol. The van der Waals surface area contributed by atoms with Crippen molar-refractivity contribution in [3.05, 3.63) is 0 Å². The fraction of sp³-hybridized carbons (Fsp3) is 1.00. The van der Waals surface area contributed by atoms with Crippen molar-refractivity contribution in [3.63, 3.8) is 0 Å². The number of rotatable bonds is 4. The fourth-order valence-corrected chi connectivity index (χ4v) is 2.77. The molecule has 0 aromatic heterocycles. The molecule has 14 heavy (non-hydrogen) atoms. The van der Waals surface area contributed by atoms with Crippen molar-refractivity contribution >= 4 is 11.8 Å². The lowest BCUT2D eigenvalue weighted by Crippen LogP contribution is -2.45. The lowest BCUT2D eigenvalue weighted by atomic mass is 9.98. The van der Waals surface area contributed by atoms with Crippen molar-refractivity contribution in [2.45, 2.75) is 32.3 Å². The van der Waals surface area contributed by atoms with Crippen molar-refractivity contribution in [3.8, 4) is 0 Å². The quantitative estimate of drug-likeness (QED) is 0.777. The zero-order valence-corrected chi connectivity index (χ0v) is 10.4. The smallest absolute Gasteiger partial charge is 0.0835 e. The van der Waals surface area contributed by atoms with Crippen LogP contribution in [0.15, 0.2) is 0 Å². The standard InChI is InChI=1S/C11H23NOS/c1-10-4-6-12(7-5-10)8-11(2,13)9-14-3/h10,13H,4-9H2,1-3H3. The molecule has 1 saturated heterocycles. The highest BCUT2D eigenvalue weighted by atomic mass is 32.2. The van der Waals surface area contributed by atoms with Gasteiger partial charge in [0, 0.05) is 12.3 Å². The zero-order valence-electron chi connectivity index (χ0n) is 9.62. The minimum Gasteiger partial charge on any atom is -0.388 e. The van der Waals surface area contributed by atoms with Gasteiger partial charge in [0.25, 0.3) is 0 Å². The van der Waals surface area contributed by atoms with Crippen molar-refractivity contribution in [2.24, 2.45) is 5.92 Å². The highest BCUT2D eigenvalue weighted by Gasteiger charge is 2.25. The molecule has 0 amide bonds. The van der Waals surface area contributed by atoms with E-state index in [9.17, 15) is 5.11 Å². The second kappa shape index (κ2) is 5.38. The molecule has 0 aromatic rings. The van der Waals surface area contributed by atoms with Crippen LogP contribution in [0.5, 0.6) is 0 Å². The maximum atomic E-state index is 10.1. The molecule has 1 fully saturated rings. The first-order valence-electron chi connectivity index (χ1n) is 5.47. The van der Waals surface area contributed by atoms with E-state index in [4.69, 9.17) is 0 Å². The number of β-amino-alcohol motifs (C(OH)–C–C–N with tert-alkyl or cyclic N) is 1. The van der Waals surface area contributed by atoms with Crippen LogP contribution in [0.25, 0.3) is 0 Å². The van der Waals surface area contributed by atoms with E-state index < -0.39 is 5.60 Å². The average molecular weight is 217 g/mol. The third-order valence-corrected chi connectivity index (χ3v) is 3.81. The van der Waals surface area contributed by atoms with Crippen molar-refractivity contribution < 1.29 is 5.11 Å². The molecule has 0 radical (unpaired) electrons. The first-order chi connectivity index (χ1) is 6.53. The SMILES string of the molecule is CSCC(C)(O)CN1CCC(C)CC1. The molecule has 1 aliphatic heterocycles. The van der Waals surface area contributed by atoms with Crippen LogP contribution in [0.4, 0.5) is 0 Å². The second-order valence-corrected chi connectivity index (χ2v) is 5.75. The summed E-state index contributed by atoms with van der Waals surface area (Å²) in [4.78, 5) is 2.40. The van der Waals surface area contributed by atoms with Crippen molar-refractivity contribution in [2.75, 3.05) is 31.6 Å². The van der Waals surface area contributed by atoms with Gasteiger partial charge in [-0.25, -0.2) is 0 Å². The molecule has 1 N–H and O–H groups in total. The zero-order chi connectivity index (χ0) is 10.6. The maximum absolute atomic E-state index is 10.1. The molecule has 3 heteroatoms. The summed E-state index contributed by atoms with van der Waals surface area (Å²) in [6.45, 7) is 7.41. The maximum Gasteiger partial charge on any atom is 0.0835 e. The Morgan fingerprint density at radius 3 is 2.50 bits per heavy atom. The summed E-state index contributed by atoms with van der Waals surface area (Å²) in [6, 6.07) is 0. The van der Waals surface area contributed by atoms with Gasteiger partial charge in [-0.1, -0.05) is 6.92 Å². The summed E-state index contributed by atoms with van der Waals surface area (Å²) in [6.07, 6.45) is 4.62.